The Balaban J connectivity index is 2.53. The number of nitriles is 1. The minimum atomic E-state index is -1.27. The highest BCUT2D eigenvalue weighted by Crippen LogP contribution is 2.50. The van der Waals surface area contributed by atoms with Gasteiger partial charge in [0.2, 0.25) is 5.54 Å². The van der Waals surface area contributed by atoms with Crippen molar-refractivity contribution in [2.45, 2.75) is 63.8 Å². The molecule has 3 heteroatoms. The van der Waals surface area contributed by atoms with Gasteiger partial charge in [-0.05, 0) is 54.2 Å². The molecular weight excluding hydrogens is 284 g/mol. The van der Waals surface area contributed by atoms with Crippen LogP contribution >= 0.6 is 0 Å². The molecule has 2 rings (SSSR count). The zero-order valence-corrected chi connectivity index (χ0v) is 14.3. The van der Waals surface area contributed by atoms with E-state index in [2.05, 4.69) is 31.3 Å². The van der Waals surface area contributed by atoms with E-state index < -0.39 is 5.54 Å². The lowest BCUT2D eigenvalue weighted by molar-refractivity contribution is 0.287. The summed E-state index contributed by atoms with van der Waals surface area (Å²) >= 11 is 0. The molecule has 0 radical (unpaired) electrons. The molecule has 2 aliphatic carbocycles. The maximum Gasteiger partial charge on any atom is 0.213 e. The van der Waals surface area contributed by atoms with Gasteiger partial charge in [0.15, 0.2) is 0 Å². The molecule has 4 unspecified atom stereocenters. The molecule has 4 atom stereocenters. The summed E-state index contributed by atoms with van der Waals surface area (Å²) in [5.74, 6) is 1.37. The summed E-state index contributed by atoms with van der Waals surface area (Å²) in [6.45, 7) is 9.91. The van der Waals surface area contributed by atoms with Crippen LogP contribution in [0.4, 0.5) is 0 Å². The molecule has 23 heavy (non-hydrogen) atoms. The van der Waals surface area contributed by atoms with Crippen LogP contribution in [0.3, 0.4) is 0 Å². The third-order valence-corrected chi connectivity index (χ3v) is 5.75. The van der Waals surface area contributed by atoms with Crippen LogP contribution in [0.1, 0.15) is 58.3 Å². The fourth-order valence-electron chi connectivity index (χ4n) is 4.66. The molecule has 0 spiro atoms. The minimum absolute atomic E-state index is 0.230. The highest BCUT2D eigenvalue weighted by Gasteiger charge is 2.45. The van der Waals surface area contributed by atoms with Gasteiger partial charge in [0, 0.05) is 6.42 Å². The second-order valence-corrected chi connectivity index (χ2v) is 7.12. The van der Waals surface area contributed by atoms with Gasteiger partial charge in [-0.1, -0.05) is 43.9 Å². The van der Waals surface area contributed by atoms with Crippen LogP contribution in [-0.2, 0) is 0 Å². The summed E-state index contributed by atoms with van der Waals surface area (Å²) in [5.41, 5.74) is 1.10. The van der Waals surface area contributed by atoms with Crippen molar-refractivity contribution in [1.82, 2.24) is 0 Å². The van der Waals surface area contributed by atoms with E-state index in [1.807, 2.05) is 6.08 Å². The summed E-state index contributed by atoms with van der Waals surface area (Å²) in [4.78, 5) is 11.7. The molecule has 0 N–H and O–H groups in total. The third kappa shape index (κ3) is 3.32. The molecule has 0 aromatic carbocycles. The van der Waals surface area contributed by atoms with E-state index in [9.17, 15) is 10.2 Å². The molecule has 0 bridgehead atoms. The first-order valence-corrected chi connectivity index (χ1v) is 8.84. The van der Waals surface area contributed by atoms with Gasteiger partial charge >= 0.3 is 0 Å². The topological polar surface area (TPSA) is 53.2 Å². The van der Waals surface area contributed by atoms with Gasteiger partial charge in [0.05, 0.1) is 0 Å². The van der Waals surface area contributed by atoms with Crippen molar-refractivity contribution in [3.63, 3.8) is 0 Å². The summed E-state index contributed by atoms with van der Waals surface area (Å²) in [7, 11) is 0. The van der Waals surface area contributed by atoms with Crippen LogP contribution in [0.5, 0.6) is 0 Å². The van der Waals surface area contributed by atoms with Crippen molar-refractivity contribution in [3.8, 4) is 6.07 Å². The number of hydrogen-bond acceptors (Lipinski definition) is 3. The zero-order chi connectivity index (χ0) is 16.9. The lowest BCUT2D eigenvalue weighted by Crippen LogP contribution is -2.31. The Morgan fingerprint density at radius 3 is 2.61 bits per heavy atom. The maximum absolute atomic E-state index is 11.7. The molecule has 1 saturated carbocycles. The van der Waals surface area contributed by atoms with Gasteiger partial charge in [-0.25, -0.2) is 0 Å². The quantitative estimate of drug-likeness (QED) is 0.447. The van der Waals surface area contributed by atoms with E-state index in [1.165, 1.54) is 31.3 Å². The Hall–Kier alpha value is -1.69. The van der Waals surface area contributed by atoms with Crippen LogP contribution in [-0.4, -0.2) is 5.54 Å². The summed E-state index contributed by atoms with van der Waals surface area (Å²) in [6.07, 6.45) is 11.6. The van der Waals surface area contributed by atoms with E-state index in [1.54, 1.807) is 6.08 Å². The Kier molecular flexibility index (Phi) is 5.93. The number of allylic oxidation sites excluding steroid dienone is 2. The van der Waals surface area contributed by atoms with Gasteiger partial charge in [0.1, 0.15) is 6.07 Å². The van der Waals surface area contributed by atoms with Crippen molar-refractivity contribution in [2.24, 2.45) is 22.9 Å². The van der Waals surface area contributed by atoms with Crippen LogP contribution < -0.4 is 0 Å². The first-order valence-electron chi connectivity index (χ1n) is 8.84. The van der Waals surface area contributed by atoms with Crippen molar-refractivity contribution in [1.29, 1.82) is 5.26 Å². The second-order valence-electron chi connectivity index (χ2n) is 7.12. The average molecular weight is 312 g/mol. The molecule has 0 aromatic rings. The number of nitrogens with zero attached hydrogens (tertiary/aromatic N) is 2. The number of nitroso groups, excluding NO2 is 1. The fourth-order valence-corrected chi connectivity index (χ4v) is 4.66. The molecule has 124 valence electrons. The Morgan fingerprint density at radius 1 is 1.30 bits per heavy atom. The van der Waals surface area contributed by atoms with Crippen molar-refractivity contribution < 1.29 is 0 Å². The fraction of sp³-hybridized carbons (Fsp3) is 0.650. The number of hydrogen-bond donors (Lipinski definition) is 0. The Labute approximate surface area is 140 Å². The average Bonchev–Trinajstić information content (AvgIpc) is 2.98. The summed E-state index contributed by atoms with van der Waals surface area (Å²) in [5, 5.41) is 13.1. The van der Waals surface area contributed by atoms with Crippen LogP contribution in [0.2, 0.25) is 0 Å². The molecule has 2 aliphatic rings. The van der Waals surface area contributed by atoms with E-state index in [4.69, 9.17) is 0 Å². The predicted octanol–water partition coefficient (Wildman–Crippen LogP) is 5.70. The molecule has 0 saturated heterocycles. The van der Waals surface area contributed by atoms with Gasteiger partial charge in [0.25, 0.3) is 0 Å². The zero-order valence-electron chi connectivity index (χ0n) is 14.3. The molecule has 3 nitrogen and oxygen atoms in total. The lowest BCUT2D eigenvalue weighted by atomic mass is 9.71. The standard InChI is InChI=1S/C20H28N2O/c1-4-8-16-11-12-18(17-10-7-6-9-15(17)3)19(16)20(14-21,22-23)13-5-2/h4-5,15-17H,1-2,6-13H2,3H3. The Morgan fingerprint density at radius 2 is 2.04 bits per heavy atom. The molecule has 0 aromatic heterocycles. The molecule has 1 fully saturated rings. The second kappa shape index (κ2) is 7.73. The van der Waals surface area contributed by atoms with Gasteiger partial charge in [-0.2, -0.15) is 5.26 Å². The molecule has 0 amide bonds. The van der Waals surface area contributed by atoms with Gasteiger partial charge < -0.3 is 0 Å². The minimum Gasteiger partial charge on any atom is -0.195 e. The maximum atomic E-state index is 11.7. The molecular formula is C20H28N2O. The summed E-state index contributed by atoms with van der Waals surface area (Å²) in [6, 6.07) is 2.24. The molecule has 0 aliphatic heterocycles. The molecule has 0 heterocycles. The highest BCUT2D eigenvalue weighted by atomic mass is 16.3. The highest BCUT2D eigenvalue weighted by molar-refractivity contribution is 5.42. The van der Waals surface area contributed by atoms with E-state index >= 15 is 0 Å². The first-order chi connectivity index (χ1) is 11.1. The van der Waals surface area contributed by atoms with E-state index in [-0.39, 0.29) is 5.92 Å². The SMILES string of the molecule is C=CCC1CCC(C2CCCCC2C)=C1C(C#N)(CC=C)N=O. The lowest BCUT2D eigenvalue weighted by Gasteiger charge is -2.33. The van der Waals surface area contributed by atoms with Crippen LogP contribution in [0.15, 0.2) is 41.6 Å². The number of rotatable bonds is 7. The third-order valence-electron chi connectivity index (χ3n) is 5.75. The normalized spacial score (nSPS) is 30.3. The predicted molar refractivity (Wildman–Crippen MR) is 94.6 cm³/mol. The van der Waals surface area contributed by atoms with E-state index in [0.29, 0.717) is 18.3 Å². The smallest absolute Gasteiger partial charge is 0.195 e. The largest absolute Gasteiger partial charge is 0.213 e. The van der Waals surface area contributed by atoms with Crippen molar-refractivity contribution in [3.05, 3.63) is 41.4 Å². The Bertz CT molecular complexity index is 542. The van der Waals surface area contributed by atoms with Gasteiger partial charge in [-0.15, -0.1) is 18.1 Å². The monoisotopic (exact) mass is 312 g/mol. The van der Waals surface area contributed by atoms with Gasteiger partial charge in [-0.3, -0.25) is 0 Å². The van der Waals surface area contributed by atoms with Crippen molar-refractivity contribution in [2.75, 3.05) is 0 Å². The first kappa shape index (κ1) is 17.7. The van der Waals surface area contributed by atoms with Crippen LogP contribution in [0, 0.1) is 34.0 Å². The van der Waals surface area contributed by atoms with Crippen LogP contribution in [0.25, 0.3) is 0 Å². The van der Waals surface area contributed by atoms with Crippen molar-refractivity contribution >= 4 is 0 Å². The van der Waals surface area contributed by atoms with E-state index in [0.717, 1.165) is 24.8 Å². The summed E-state index contributed by atoms with van der Waals surface area (Å²) < 4.78 is 0.